The van der Waals surface area contributed by atoms with Crippen molar-refractivity contribution in [2.45, 2.75) is 55.5 Å². The highest BCUT2D eigenvalue weighted by atomic mass is 35.5. The molecule has 9 heterocycles. The normalized spacial score (nSPS) is 20.3. The minimum atomic E-state index is -0.670. The van der Waals surface area contributed by atoms with Gasteiger partial charge < -0.3 is 115 Å². The summed E-state index contributed by atoms with van der Waals surface area (Å²) in [5.41, 5.74) is 9.48. The molecule has 0 unspecified atom stereocenters. The number of hydrogen-bond acceptors (Lipinski definition) is 33. The SMILES string of the molecule is COc1cc([C@@H]2c3cc4c(cc3[C@@H](NC(=O)c3cn(Cc5cccc(Oc6ccccc6)c5)nn3)[C@H]3COC(=O)[C@H]23)OCO4)cc(OC)c1OC.COc1ccc(Cn2cc(C(=O)N[C@@H]3c4cc5c(cc4[C@@H](c4cc(OC)c(OC)c(OC)c4)[C@H]4C(=O)OC[C@@H]43)OCO5)nn2)cc1Cl.COc1ccc(Cn2cc(C(=O)N[C@@H]3c4cc5c(cc4[C@@H](c4cc(OC)c(OC)c(OC)c4)[C@H]4C(=O)OC[C@@H]43)OCO5)nn2)cc1F. The fourth-order valence-corrected chi connectivity index (χ4v) is 21.0. The summed E-state index contributed by atoms with van der Waals surface area (Å²) in [4.78, 5) is 81.8. The number of esters is 3. The molecule has 3 N–H and O–H groups in total. The van der Waals surface area contributed by atoms with Gasteiger partial charge in [0, 0.05) is 35.5 Å². The Hall–Kier alpha value is -16.9. The number of halogens is 2. The molecule has 748 valence electrons. The monoisotopic (exact) mass is 2000 g/mol. The van der Waals surface area contributed by atoms with E-state index < -0.39 is 101 Å². The predicted octanol–water partition coefficient (Wildman–Crippen LogP) is 13.1. The second-order valence-electron chi connectivity index (χ2n) is 35.0. The smallest absolute Gasteiger partial charge is 0.310 e. The Morgan fingerprint density at radius 1 is 0.345 bits per heavy atom. The number of amides is 3. The number of para-hydroxylation sites is 1. The van der Waals surface area contributed by atoms with Gasteiger partial charge in [-0.15, -0.1) is 15.3 Å². The maximum atomic E-state index is 14.2. The number of hydrogen-bond donors (Lipinski definition) is 3. The quantitative estimate of drug-likeness (QED) is 0.0303. The van der Waals surface area contributed by atoms with Crippen LogP contribution in [0.2, 0.25) is 5.02 Å². The zero-order chi connectivity index (χ0) is 101. The van der Waals surface area contributed by atoms with Crippen molar-refractivity contribution < 1.29 is 133 Å². The van der Waals surface area contributed by atoms with E-state index in [9.17, 15) is 33.2 Å². The Kier molecular flexibility index (Phi) is 26.8. The largest absolute Gasteiger partial charge is 0.495 e. The number of benzene rings is 10. The van der Waals surface area contributed by atoms with Crippen molar-refractivity contribution in [3.05, 3.63) is 277 Å². The minimum Gasteiger partial charge on any atom is -0.495 e. The molecule has 3 aliphatic carbocycles. The minimum absolute atomic E-state index is 0.0419. The van der Waals surface area contributed by atoms with Gasteiger partial charge in [-0.3, -0.25) is 28.8 Å². The lowest BCUT2D eigenvalue weighted by Crippen LogP contribution is -2.43. The summed E-state index contributed by atoms with van der Waals surface area (Å²) in [5, 5.41) is 34.6. The van der Waals surface area contributed by atoms with Crippen molar-refractivity contribution in [3.63, 3.8) is 0 Å². The van der Waals surface area contributed by atoms with Gasteiger partial charge in [0.2, 0.25) is 37.6 Å². The number of rotatable bonds is 28. The molecule has 145 heavy (non-hydrogen) atoms. The van der Waals surface area contributed by atoms with Crippen molar-refractivity contribution >= 4 is 47.2 Å². The van der Waals surface area contributed by atoms with Gasteiger partial charge in [0.05, 0.1) is 177 Å². The van der Waals surface area contributed by atoms with E-state index >= 15 is 0 Å². The lowest BCUT2D eigenvalue weighted by atomic mass is 9.65. The molecule has 13 aromatic rings. The number of aromatic nitrogens is 9. The van der Waals surface area contributed by atoms with Gasteiger partial charge in [-0.1, -0.05) is 69.7 Å². The average Bonchev–Trinajstić information content (AvgIpc) is 1.68. The lowest BCUT2D eigenvalue weighted by molar-refractivity contribution is -0.142. The molecule has 6 aliphatic heterocycles. The Morgan fingerprint density at radius 2 is 0.655 bits per heavy atom. The summed E-state index contributed by atoms with van der Waals surface area (Å²) in [6.07, 6.45) is 4.63. The maximum absolute atomic E-state index is 14.2. The maximum Gasteiger partial charge on any atom is 0.310 e. The van der Waals surface area contributed by atoms with Gasteiger partial charge in [0.1, 0.15) is 17.2 Å². The first-order chi connectivity index (χ1) is 70.6. The zero-order valence-corrected chi connectivity index (χ0v) is 80.7. The molecular weight excluding hydrogens is 1900 g/mol. The number of methoxy groups -OCH3 is 11. The number of carbonyl (C=O) groups is 6. The van der Waals surface area contributed by atoms with Gasteiger partial charge in [-0.25, -0.2) is 18.4 Å². The molecule has 0 saturated carbocycles. The first kappa shape index (κ1) is 95.6. The number of ether oxygens (including phenoxy) is 21. The fourth-order valence-electron chi connectivity index (χ4n) is 20.7. The molecule has 12 atom stereocenters. The zero-order valence-electron chi connectivity index (χ0n) is 79.9. The highest BCUT2D eigenvalue weighted by Gasteiger charge is 2.57. The molecule has 10 aromatic carbocycles. The lowest BCUT2D eigenvalue weighted by Gasteiger charge is -2.39. The van der Waals surface area contributed by atoms with E-state index in [4.69, 9.17) is 111 Å². The van der Waals surface area contributed by atoms with Crippen LogP contribution in [0.25, 0.3) is 0 Å². The first-order valence-electron chi connectivity index (χ1n) is 45.9. The molecular formula is C104H96ClFN12O27. The van der Waals surface area contributed by atoms with Crippen LogP contribution in [-0.4, -0.2) is 199 Å². The third-order valence-electron chi connectivity index (χ3n) is 27.2. The molecule has 3 saturated heterocycles. The molecule has 0 radical (unpaired) electrons. The first-order valence-corrected chi connectivity index (χ1v) is 46.3. The summed E-state index contributed by atoms with van der Waals surface area (Å²) in [6.45, 7) is 1.34. The summed E-state index contributed by atoms with van der Waals surface area (Å²) >= 11 is 6.28. The van der Waals surface area contributed by atoms with Crippen LogP contribution in [0.15, 0.2) is 182 Å². The van der Waals surface area contributed by atoms with Crippen LogP contribution in [0.4, 0.5) is 4.39 Å². The summed E-state index contributed by atoms with van der Waals surface area (Å²) in [5.74, 6) is 1.48. The Bertz CT molecular complexity index is 6860. The Morgan fingerprint density at radius 3 is 0.972 bits per heavy atom. The van der Waals surface area contributed by atoms with Gasteiger partial charge >= 0.3 is 17.9 Å². The van der Waals surface area contributed by atoms with E-state index in [1.807, 2.05) is 133 Å². The third-order valence-corrected chi connectivity index (χ3v) is 27.5. The van der Waals surface area contributed by atoms with Crippen LogP contribution in [0, 0.1) is 41.3 Å². The molecule has 0 spiro atoms. The second kappa shape index (κ2) is 40.6. The van der Waals surface area contributed by atoms with Crippen molar-refractivity contribution in [2.75, 3.05) is 118 Å². The van der Waals surface area contributed by atoms with E-state index in [1.165, 1.54) is 79.9 Å². The summed E-state index contributed by atoms with van der Waals surface area (Å²) in [6, 6.07) is 47.3. The highest BCUT2D eigenvalue weighted by Crippen LogP contribution is 2.61. The molecule has 3 aromatic heterocycles. The molecule has 0 bridgehead atoms. The summed E-state index contributed by atoms with van der Waals surface area (Å²) < 4.78 is 137. The average molecular weight is 2000 g/mol. The molecule has 3 amide bonds. The number of fused-ring (bicyclic) bond motifs is 9. The predicted molar refractivity (Wildman–Crippen MR) is 507 cm³/mol. The number of nitrogens with one attached hydrogen (secondary N) is 3. The Labute approximate surface area is 832 Å². The Balaban J connectivity index is 0.000000133. The van der Waals surface area contributed by atoms with E-state index in [2.05, 4.69) is 46.9 Å². The van der Waals surface area contributed by atoms with Crippen LogP contribution in [0.1, 0.15) is 134 Å². The molecule has 22 rings (SSSR count). The van der Waals surface area contributed by atoms with Crippen LogP contribution < -0.4 is 101 Å². The fraction of sp³-hybridized carbons (Fsp3) is 0.308. The second-order valence-corrected chi connectivity index (χ2v) is 35.4. The van der Waals surface area contributed by atoms with Gasteiger partial charge in [-0.05, 0) is 188 Å². The molecule has 41 heteroatoms. The number of carbonyl (C=O) groups excluding carboxylic acids is 6. The highest BCUT2D eigenvalue weighted by molar-refractivity contribution is 6.32. The van der Waals surface area contributed by atoms with Crippen molar-refractivity contribution in [1.29, 1.82) is 0 Å². The third kappa shape index (κ3) is 18.4. The van der Waals surface area contributed by atoms with E-state index in [-0.39, 0.29) is 81.5 Å². The van der Waals surface area contributed by atoms with Gasteiger partial charge in [-0.2, -0.15) is 0 Å². The van der Waals surface area contributed by atoms with Crippen molar-refractivity contribution in [3.8, 4) is 109 Å². The van der Waals surface area contributed by atoms with Crippen LogP contribution in [-0.2, 0) is 48.2 Å². The summed E-state index contributed by atoms with van der Waals surface area (Å²) in [7, 11) is 16.7. The molecule has 9 aliphatic rings. The van der Waals surface area contributed by atoms with Crippen LogP contribution in [0.5, 0.6) is 109 Å². The number of cyclic esters (lactones) is 3. The standard InChI is InChI=1S/C38H34N4O9.C33H31ClN4O9.C33H31FN4O9/c1-45-31-13-22(14-32(46-2)36(31)47-3)33-25-15-29-30(50-20-49-29)16-26(25)35(27-19-48-38(44)34(27)33)39-37(43)28-18-42(41-40-28)17-21-8-7-11-24(12-21)51-23-9-5-4-6-10-23;2*1-41-23-6-5-16(7-21(23)34)12-38-13-22(36-37-38)32(39)35-30-19-11-25-24(46-15-47-25)10-18(19)28(29-20(30)14-45-33(29)40)17-8-26(42-2)31(44-4)27(9-17)43-3/h4-16,18,27,33-35H,17,19-20H2,1-3H3,(H,39,43);2*5-11,13,20,28-30H,12,14-15H2,1-4H3,(H,35,39)/t27-,33+,34-,35+;2*20-,28+,29-,30+/m000/s1. The van der Waals surface area contributed by atoms with Crippen LogP contribution in [0.3, 0.4) is 0 Å². The molecule has 3 fully saturated rings. The van der Waals surface area contributed by atoms with E-state index in [1.54, 1.807) is 61.3 Å². The van der Waals surface area contributed by atoms with Crippen molar-refractivity contribution in [1.82, 2.24) is 60.9 Å². The van der Waals surface area contributed by atoms with Crippen molar-refractivity contribution in [2.24, 2.45) is 35.5 Å². The molecule has 39 nitrogen and oxygen atoms in total. The number of nitrogens with zero attached hydrogens (tertiary/aromatic N) is 9. The van der Waals surface area contributed by atoms with Crippen LogP contribution >= 0.6 is 11.6 Å². The van der Waals surface area contributed by atoms with Gasteiger partial charge in [0.15, 0.2) is 97.6 Å². The van der Waals surface area contributed by atoms with E-state index in [0.29, 0.717) is 121 Å². The topological polar surface area (TPSA) is 424 Å². The van der Waals surface area contributed by atoms with Gasteiger partial charge in [0.25, 0.3) is 17.7 Å². The van der Waals surface area contributed by atoms with E-state index in [0.717, 1.165) is 66.9 Å².